The van der Waals surface area contributed by atoms with Crippen LogP contribution in [0.15, 0.2) is 11.0 Å². The number of ether oxygens (including phenoxy) is 1. The Morgan fingerprint density at radius 1 is 1.30 bits per heavy atom. The summed E-state index contributed by atoms with van der Waals surface area (Å²) in [7, 11) is 1.40. The number of amides is 1. The Morgan fingerprint density at radius 2 is 1.97 bits per heavy atom. The van der Waals surface area contributed by atoms with Crippen LogP contribution in [0.5, 0.6) is 5.75 Å². The number of fused-ring (bicyclic) bond motifs is 1. The highest BCUT2D eigenvalue weighted by atomic mass is 19.1. The lowest BCUT2D eigenvalue weighted by atomic mass is 9.78. The minimum absolute atomic E-state index is 0.0141. The van der Waals surface area contributed by atoms with Gasteiger partial charge >= 0.3 is 5.97 Å². The van der Waals surface area contributed by atoms with Gasteiger partial charge < -0.3 is 30.4 Å². The smallest absolute Gasteiger partial charge is 0.341 e. The van der Waals surface area contributed by atoms with Gasteiger partial charge in [-0.15, -0.1) is 0 Å². The molecule has 9 nitrogen and oxygen atoms in total. The summed E-state index contributed by atoms with van der Waals surface area (Å²) < 4.78 is 23.1. The van der Waals surface area contributed by atoms with Gasteiger partial charge in [-0.1, -0.05) is 13.8 Å². The number of rotatable bonds is 5. The Morgan fingerprint density at radius 3 is 2.48 bits per heavy atom. The third kappa shape index (κ3) is 3.77. The number of nitrogens with two attached hydrogens (primary N) is 1. The predicted octanol–water partition coefficient (Wildman–Crippen LogP) is 2.51. The number of aromatic carboxylic acids is 1. The van der Waals surface area contributed by atoms with E-state index < -0.39 is 22.8 Å². The maximum Gasteiger partial charge on any atom is 0.341 e. The normalized spacial score (nSPS) is 20.0. The molecular formula is C23H29FN4O5. The Hall–Kier alpha value is -3.30. The summed E-state index contributed by atoms with van der Waals surface area (Å²) in [6.45, 7) is 6.31. The van der Waals surface area contributed by atoms with Gasteiger partial charge in [0, 0.05) is 43.7 Å². The molecule has 178 valence electrons. The lowest BCUT2D eigenvalue weighted by Gasteiger charge is -2.45. The standard InChI is InChI=1S/C23H29FN4O5/c1-11(29)26-14-7-8-27(10-23(14,2)3)19-16(24)17(25)15-18(21(19)33-4)28(12-5-6-12)9-13(20(15)30)22(31)32/h9,12,14H,5-8,10,25H2,1-4H3,(H,26,29)(H,31,32). The second-order valence-electron chi connectivity index (χ2n) is 9.60. The van der Waals surface area contributed by atoms with Crippen molar-refractivity contribution in [3.63, 3.8) is 0 Å². The minimum atomic E-state index is -1.39. The molecule has 1 aliphatic heterocycles. The van der Waals surface area contributed by atoms with Crippen LogP contribution >= 0.6 is 0 Å². The number of nitrogen functional groups attached to an aromatic ring is 1. The quantitative estimate of drug-likeness (QED) is 0.585. The zero-order valence-corrected chi connectivity index (χ0v) is 19.2. The molecule has 2 aliphatic rings. The predicted molar refractivity (Wildman–Crippen MR) is 123 cm³/mol. The van der Waals surface area contributed by atoms with Crippen LogP contribution in [-0.2, 0) is 4.79 Å². The molecule has 0 radical (unpaired) electrons. The van der Waals surface area contributed by atoms with Crippen molar-refractivity contribution in [1.82, 2.24) is 9.88 Å². The highest BCUT2D eigenvalue weighted by Gasteiger charge is 2.40. The third-order valence-electron chi connectivity index (χ3n) is 6.68. The van der Waals surface area contributed by atoms with Crippen molar-refractivity contribution in [1.29, 1.82) is 0 Å². The van der Waals surface area contributed by atoms with Crippen LogP contribution in [0.25, 0.3) is 10.9 Å². The average Bonchev–Trinajstić information content (AvgIpc) is 3.56. The Balaban J connectivity index is 1.94. The number of hydrogen-bond acceptors (Lipinski definition) is 6. The first-order valence-corrected chi connectivity index (χ1v) is 11.0. The van der Waals surface area contributed by atoms with Crippen LogP contribution in [0.1, 0.15) is 56.4 Å². The average molecular weight is 461 g/mol. The molecule has 2 fully saturated rings. The summed E-state index contributed by atoms with van der Waals surface area (Å²) in [5.74, 6) is -2.16. The van der Waals surface area contributed by atoms with Crippen LogP contribution in [-0.4, -0.2) is 47.8 Å². The lowest BCUT2D eigenvalue weighted by Crippen LogP contribution is -2.55. The van der Waals surface area contributed by atoms with Gasteiger partial charge in [0.2, 0.25) is 11.3 Å². The Labute approximate surface area is 190 Å². The number of pyridine rings is 1. The summed E-state index contributed by atoms with van der Waals surface area (Å²) in [4.78, 5) is 38.1. The number of hydrogen-bond donors (Lipinski definition) is 3. The number of halogens is 1. The number of piperidine rings is 1. The van der Waals surface area contributed by atoms with Crippen molar-refractivity contribution in [2.45, 2.75) is 52.1 Å². The first-order valence-electron chi connectivity index (χ1n) is 11.0. The first kappa shape index (κ1) is 22.9. The molecule has 1 aromatic carbocycles. The maximum atomic E-state index is 15.8. The maximum absolute atomic E-state index is 15.8. The summed E-state index contributed by atoms with van der Waals surface area (Å²) in [6, 6.07) is -0.0966. The van der Waals surface area contributed by atoms with Gasteiger partial charge in [0.15, 0.2) is 11.6 Å². The van der Waals surface area contributed by atoms with Gasteiger partial charge in [-0.2, -0.15) is 0 Å². The molecule has 1 saturated carbocycles. The number of carbonyl (C=O) groups excluding carboxylic acids is 1. The monoisotopic (exact) mass is 460 g/mol. The zero-order valence-electron chi connectivity index (χ0n) is 19.2. The van der Waals surface area contributed by atoms with Crippen molar-refractivity contribution in [2.24, 2.45) is 5.41 Å². The second kappa shape index (κ2) is 7.93. The Kier molecular flexibility index (Phi) is 5.50. The summed E-state index contributed by atoms with van der Waals surface area (Å²) in [5.41, 5.74) is 4.56. The number of nitrogens with zero attached hydrogens (tertiary/aromatic N) is 2. The van der Waals surface area contributed by atoms with E-state index in [0.717, 1.165) is 12.8 Å². The van der Waals surface area contributed by atoms with Crippen molar-refractivity contribution in [3.05, 3.63) is 27.8 Å². The fourth-order valence-electron chi connectivity index (χ4n) is 4.89. The molecule has 1 aromatic heterocycles. The second-order valence-corrected chi connectivity index (χ2v) is 9.60. The van der Waals surface area contributed by atoms with Crippen molar-refractivity contribution >= 4 is 34.2 Å². The number of methoxy groups -OCH3 is 1. The fourth-order valence-corrected chi connectivity index (χ4v) is 4.89. The van der Waals surface area contributed by atoms with Crippen LogP contribution in [0.2, 0.25) is 0 Å². The van der Waals surface area contributed by atoms with E-state index in [1.165, 1.54) is 20.2 Å². The molecular weight excluding hydrogens is 431 g/mol. The summed E-state index contributed by atoms with van der Waals surface area (Å²) >= 11 is 0. The molecule has 2 heterocycles. The van der Waals surface area contributed by atoms with Gasteiger partial charge in [0.05, 0.1) is 23.7 Å². The molecule has 0 spiro atoms. The SMILES string of the molecule is COc1c(N2CCC(NC(C)=O)C(C)(C)C2)c(F)c(N)c2c(=O)c(C(=O)O)cn(C3CC3)c12. The largest absolute Gasteiger partial charge is 0.492 e. The molecule has 1 aliphatic carbocycles. The van der Waals surface area contributed by atoms with Crippen molar-refractivity contribution in [3.8, 4) is 5.75 Å². The van der Waals surface area contributed by atoms with Gasteiger partial charge in [-0.05, 0) is 19.3 Å². The molecule has 33 heavy (non-hydrogen) atoms. The van der Waals surface area contributed by atoms with E-state index in [-0.39, 0.29) is 45.9 Å². The Bertz CT molecular complexity index is 1220. The van der Waals surface area contributed by atoms with E-state index in [2.05, 4.69) is 5.32 Å². The zero-order chi connectivity index (χ0) is 24.2. The van der Waals surface area contributed by atoms with E-state index in [1.807, 2.05) is 18.7 Å². The molecule has 4 rings (SSSR count). The topological polar surface area (TPSA) is 127 Å². The summed E-state index contributed by atoms with van der Waals surface area (Å²) in [5, 5.41) is 12.3. The molecule has 10 heteroatoms. The highest BCUT2D eigenvalue weighted by Crippen LogP contribution is 2.47. The van der Waals surface area contributed by atoms with Gasteiger partial charge in [-0.3, -0.25) is 9.59 Å². The van der Waals surface area contributed by atoms with Crippen LogP contribution in [0, 0.1) is 11.2 Å². The first-order chi connectivity index (χ1) is 15.5. The highest BCUT2D eigenvalue weighted by molar-refractivity contribution is 6.03. The van der Waals surface area contributed by atoms with Crippen LogP contribution < -0.4 is 26.1 Å². The van der Waals surface area contributed by atoms with Crippen LogP contribution in [0.3, 0.4) is 0 Å². The molecule has 0 bridgehead atoms. The molecule has 1 amide bonds. The van der Waals surface area contributed by atoms with Gasteiger partial charge in [-0.25, -0.2) is 9.18 Å². The number of carboxylic acids is 1. The van der Waals surface area contributed by atoms with E-state index in [4.69, 9.17) is 10.5 Å². The number of carboxylic acid groups (broad SMARTS) is 1. The van der Waals surface area contributed by atoms with E-state index in [0.29, 0.717) is 25.0 Å². The van der Waals surface area contributed by atoms with Crippen molar-refractivity contribution < 1.29 is 23.8 Å². The fraction of sp³-hybridized carbons (Fsp3) is 0.522. The molecule has 1 unspecified atom stereocenters. The summed E-state index contributed by atoms with van der Waals surface area (Å²) in [6.07, 6.45) is 3.51. The van der Waals surface area contributed by atoms with Gasteiger partial charge in [0.1, 0.15) is 11.3 Å². The number of benzene rings is 1. The molecule has 1 atom stereocenters. The lowest BCUT2D eigenvalue weighted by molar-refractivity contribution is -0.120. The van der Waals surface area contributed by atoms with Gasteiger partial charge in [0.25, 0.3) is 0 Å². The number of aromatic nitrogens is 1. The van der Waals surface area contributed by atoms with E-state index in [1.54, 1.807) is 4.57 Å². The number of nitrogens with one attached hydrogen (secondary N) is 1. The van der Waals surface area contributed by atoms with Crippen LogP contribution in [0.4, 0.5) is 15.8 Å². The number of carbonyl (C=O) groups is 2. The third-order valence-corrected chi connectivity index (χ3v) is 6.68. The molecule has 1 saturated heterocycles. The molecule has 4 N–H and O–H groups in total. The van der Waals surface area contributed by atoms with Crippen molar-refractivity contribution in [2.75, 3.05) is 30.8 Å². The van der Waals surface area contributed by atoms with E-state index >= 15 is 4.39 Å². The minimum Gasteiger partial charge on any atom is -0.492 e. The number of anilines is 2. The van der Waals surface area contributed by atoms with E-state index in [9.17, 15) is 19.5 Å². The molecule has 2 aromatic rings.